The number of hydrogen-bond donors (Lipinski definition) is 0. The first-order chi connectivity index (χ1) is 11.6. The van der Waals surface area contributed by atoms with Crippen LogP contribution in [0, 0.1) is 0 Å². The Hall–Kier alpha value is -2.69. The molecule has 2 aromatic heterocycles. The van der Waals surface area contributed by atoms with Crippen LogP contribution in [0.4, 0.5) is 13.2 Å². The highest BCUT2D eigenvalue weighted by Crippen LogP contribution is 2.36. The predicted octanol–water partition coefficient (Wildman–Crippen LogP) is 2.22. The lowest BCUT2D eigenvalue weighted by molar-refractivity contribution is -0.137. The van der Waals surface area contributed by atoms with Crippen LogP contribution in [0.25, 0.3) is 17.0 Å². The van der Waals surface area contributed by atoms with Gasteiger partial charge in [-0.1, -0.05) is 0 Å². The van der Waals surface area contributed by atoms with Crippen molar-refractivity contribution in [2.75, 3.05) is 13.4 Å². The molecule has 0 N–H and O–H groups in total. The number of nitrogens with zero attached hydrogens (tertiary/aromatic N) is 4. The van der Waals surface area contributed by atoms with E-state index in [1.54, 1.807) is 0 Å². The van der Waals surface area contributed by atoms with Crippen LogP contribution in [-0.4, -0.2) is 41.4 Å². The van der Waals surface area contributed by atoms with Crippen LogP contribution in [0.2, 0.25) is 0 Å². The fraction of sp³-hybridized carbons (Fsp3) is 0.214. The van der Waals surface area contributed by atoms with Crippen molar-refractivity contribution in [1.82, 2.24) is 19.6 Å². The van der Waals surface area contributed by atoms with Gasteiger partial charge in [0.15, 0.2) is 21.3 Å². The molecule has 0 atom stereocenters. The number of benzene rings is 1. The van der Waals surface area contributed by atoms with Gasteiger partial charge in [0.05, 0.1) is 18.2 Å². The second-order valence-corrected chi connectivity index (χ2v) is 7.07. The molecular weight excluding hydrogens is 361 g/mol. The predicted molar refractivity (Wildman–Crippen MR) is 80.9 cm³/mol. The smallest absolute Gasteiger partial charge is 0.416 e. The molecule has 11 heteroatoms. The van der Waals surface area contributed by atoms with Gasteiger partial charge in [-0.15, -0.1) is 10.2 Å². The van der Waals surface area contributed by atoms with Crippen LogP contribution in [-0.2, 0) is 16.0 Å². The summed E-state index contributed by atoms with van der Waals surface area (Å²) < 4.78 is 68.5. The van der Waals surface area contributed by atoms with E-state index < -0.39 is 21.6 Å². The van der Waals surface area contributed by atoms with E-state index in [9.17, 15) is 21.6 Å². The number of halogens is 3. The van der Waals surface area contributed by atoms with E-state index in [-0.39, 0.29) is 27.8 Å². The molecule has 3 rings (SSSR count). The molecule has 3 aromatic rings. The summed E-state index contributed by atoms with van der Waals surface area (Å²) in [5, 5.41) is 7.20. The standard InChI is InChI=1S/C14H11F3N4O3S/c1-24-10-7-8(14(15,16)17)3-4-9(10)11-19-20-13(25(2,22)23)12-18-5-6-21(11)12/h3-7H,1-2H3. The largest absolute Gasteiger partial charge is 0.496 e. The van der Waals surface area contributed by atoms with Crippen molar-refractivity contribution in [3.05, 3.63) is 36.2 Å². The van der Waals surface area contributed by atoms with Gasteiger partial charge in [0, 0.05) is 18.6 Å². The summed E-state index contributed by atoms with van der Waals surface area (Å²) in [4.78, 5) is 3.94. The first kappa shape index (κ1) is 17.1. The fourth-order valence-electron chi connectivity index (χ4n) is 2.29. The van der Waals surface area contributed by atoms with E-state index in [1.165, 1.54) is 30.0 Å². The van der Waals surface area contributed by atoms with E-state index >= 15 is 0 Å². The molecule has 0 aliphatic heterocycles. The number of ether oxygens (including phenoxy) is 1. The van der Waals surface area contributed by atoms with Crippen LogP contribution < -0.4 is 4.74 Å². The lowest BCUT2D eigenvalue weighted by Crippen LogP contribution is -2.10. The summed E-state index contributed by atoms with van der Waals surface area (Å²) in [6.07, 6.45) is -0.787. The number of methoxy groups -OCH3 is 1. The second kappa shape index (κ2) is 5.69. The molecule has 1 aromatic carbocycles. The van der Waals surface area contributed by atoms with Crippen molar-refractivity contribution >= 4 is 15.5 Å². The maximum absolute atomic E-state index is 12.9. The third-order valence-corrected chi connectivity index (χ3v) is 4.38. The maximum Gasteiger partial charge on any atom is 0.416 e. The lowest BCUT2D eigenvalue weighted by Gasteiger charge is -2.13. The normalized spacial score (nSPS) is 12.5. The minimum absolute atomic E-state index is 0.0226. The Labute approximate surface area is 140 Å². The minimum atomic E-state index is -4.53. The molecule has 0 aliphatic carbocycles. The van der Waals surface area contributed by atoms with E-state index in [1.807, 2.05) is 0 Å². The summed E-state index contributed by atoms with van der Waals surface area (Å²) in [7, 11) is -2.45. The van der Waals surface area contributed by atoms with Crippen molar-refractivity contribution in [1.29, 1.82) is 0 Å². The quantitative estimate of drug-likeness (QED) is 0.701. The Morgan fingerprint density at radius 3 is 2.52 bits per heavy atom. The molecule has 0 bridgehead atoms. The zero-order valence-electron chi connectivity index (χ0n) is 12.9. The van der Waals surface area contributed by atoms with Gasteiger partial charge < -0.3 is 4.74 Å². The Morgan fingerprint density at radius 2 is 1.92 bits per heavy atom. The first-order valence-electron chi connectivity index (χ1n) is 6.78. The van der Waals surface area contributed by atoms with Gasteiger partial charge >= 0.3 is 6.18 Å². The van der Waals surface area contributed by atoms with Gasteiger partial charge in [0.2, 0.25) is 5.03 Å². The molecule has 0 amide bonds. The number of imidazole rings is 1. The van der Waals surface area contributed by atoms with Crippen molar-refractivity contribution < 1.29 is 26.3 Å². The number of alkyl halides is 3. The Kier molecular flexibility index (Phi) is 3.90. The molecule has 2 heterocycles. The third-order valence-electron chi connectivity index (χ3n) is 3.42. The summed E-state index contributed by atoms with van der Waals surface area (Å²) in [6.45, 7) is 0. The van der Waals surface area contributed by atoms with Crippen LogP contribution in [0.15, 0.2) is 35.6 Å². The molecule has 0 aliphatic rings. The zero-order valence-corrected chi connectivity index (χ0v) is 13.8. The lowest BCUT2D eigenvalue weighted by atomic mass is 10.1. The van der Waals surface area contributed by atoms with E-state index in [0.717, 1.165) is 18.4 Å². The molecule has 0 unspecified atom stereocenters. The van der Waals surface area contributed by atoms with Crippen molar-refractivity contribution in [3.8, 4) is 17.1 Å². The number of hydrogen-bond acceptors (Lipinski definition) is 6. The van der Waals surface area contributed by atoms with Crippen LogP contribution in [0.3, 0.4) is 0 Å². The molecular formula is C14H11F3N4O3S. The second-order valence-electron chi connectivity index (χ2n) is 5.13. The highest BCUT2D eigenvalue weighted by molar-refractivity contribution is 7.90. The molecule has 7 nitrogen and oxygen atoms in total. The molecule has 132 valence electrons. The van der Waals surface area contributed by atoms with Gasteiger partial charge in [-0.3, -0.25) is 4.40 Å². The molecule has 0 saturated heterocycles. The average Bonchev–Trinajstić information content (AvgIpc) is 3.00. The molecule has 25 heavy (non-hydrogen) atoms. The van der Waals surface area contributed by atoms with E-state index in [2.05, 4.69) is 15.2 Å². The maximum atomic E-state index is 12.9. The summed E-state index contributed by atoms with van der Waals surface area (Å²) in [6, 6.07) is 2.91. The fourth-order valence-corrected chi connectivity index (χ4v) is 2.97. The first-order valence-corrected chi connectivity index (χ1v) is 8.67. The number of fused-ring (bicyclic) bond motifs is 1. The Morgan fingerprint density at radius 1 is 1.20 bits per heavy atom. The summed E-state index contributed by atoms with van der Waals surface area (Å²) in [5.41, 5.74) is -0.642. The van der Waals surface area contributed by atoms with Crippen LogP contribution >= 0.6 is 0 Å². The molecule has 0 spiro atoms. The molecule has 0 saturated carbocycles. The van der Waals surface area contributed by atoms with Crippen molar-refractivity contribution in [2.45, 2.75) is 11.2 Å². The van der Waals surface area contributed by atoms with Crippen molar-refractivity contribution in [3.63, 3.8) is 0 Å². The Balaban J connectivity index is 2.26. The van der Waals surface area contributed by atoms with Gasteiger partial charge in [-0.25, -0.2) is 13.4 Å². The van der Waals surface area contributed by atoms with Gasteiger partial charge in [0.25, 0.3) is 0 Å². The topological polar surface area (TPSA) is 86.5 Å². The zero-order chi connectivity index (χ0) is 18.4. The minimum Gasteiger partial charge on any atom is -0.496 e. The highest BCUT2D eigenvalue weighted by Gasteiger charge is 2.32. The SMILES string of the molecule is COc1cc(C(F)(F)F)ccc1-c1nnc(S(C)(=O)=O)c2nccn12. The van der Waals surface area contributed by atoms with Crippen LogP contribution in [0.1, 0.15) is 5.56 Å². The third kappa shape index (κ3) is 3.02. The summed E-state index contributed by atoms with van der Waals surface area (Å²) in [5.74, 6) is 0.0247. The molecule has 0 fully saturated rings. The van der Waals surface area contributed by atoms with Gasteiger partial charge in [-0.2, -0.15) is 13.2 Å². The van der Waals surface area contributed by atoms with Crippen LogP contribution in [0.5, 0.6) is 5.75 Å². The van der Waals surface area contributed by atoms with E-state index in [4.69, 9.17) is 4.74 Å². The van der Waals surface area contributed by atoms with Crippen molar-refractivity contribution in [2.24, 2.45) is 0 Å². The highest BCUT2D eigenvalue weighted by atomic mass is 32.2. The molecule has 0 radical (unpaired) electrons. The number of rotatable bonds is 3. The number of sulfone groups is 1. The number of aromatic nitrogens is 4. The van der Waals surface area contributed by atoms with Gasteiger partial charge in [-0.05, 0) is 18.2 Å². The average molecular weight is 372 g/mol. The summed E-state index contributed by atoms with van der Waals surface area (Å²) >= 11 is 0. The Bertz CT molecular complexity index is 1060. The monoisotopic (exact) mass is 372 g/mol. The van der Waals surface area contributed by atoms with Gasteiger partial charge in [0.1, 0.15) is 5.75 Å². The van der Waals surface area contributed by atoms with E-state index in [0.29, 0.717) is 0 Å².